The zero-order valence-electron chi connectivity index (χ0n) is 13.0. The Morgan fingerprint density at radius 2 is 1.91 bits per heavy atom. The molecule has 122 valence electrons. The zero-order valence-corrected chi connectivity index (χ0v) is 13.0. The lowest BCUT2D eigenvalue weighted by atomic mass is 10.1. The molecule has 0 aliphatic heterocycles. The van der Waals surface area contributed by atoms with Gasteiger partial charge in [0.1, 0.15) is 5.69 Å². The fraction of sp³-hybridized carbons (Fsp3) is 0.400. The molecule has 3 rings (SSSR count). The first-order valence-electron chi connectivity index (χ1n) is 7.26. The molecule has 23 heavy (non-hydrogen) atoms. The SMILES string of the molecule is CCCn1nc(C)c2c(C(F)(F)F)cc(-c3ccn(C)n3)nc21. The van der Waals surface area contributed by atoms with E-state index in [1.165, 1.54) is 9.36 Å². The zero-order chi connectivity index (χ0) is 16.8. The molecule has 0 bridgehead atoms. The van der Waals surface area contributed by atoms with E-state index in [1.54, 1.807) is 26.2 Å². The van der Waals surface area contributed by atoms with E-state index in [9.17, 15) is 13.2 Å². The highest BCUT2D eigenvalue weighted by molar-refractivity contribution is 5.85. The van der Waals surface area contributed by atoms with E-state index in [-0.39, 0.29) is 16.7 Å². The number of rotatable bonds is 3. The van der Waals surface area contributed by atoms with Crippen LogP contribution in [0.2, 0.25) is 0 Å². The Kier molecular flexibility index (Phi) is 3.62. The smallest absolute Gasteiger partial charge is 0.275 e. The van der Waals surface area contributed by atoms with Crippen molar-refractivity contribution in [1.29, 1.82) is 0 Å². The fourth-order valence-corrected chi connectivity index (χ4v) is 2.63. The van der Waals surface area contributed by atoms with Crippen LogP contribution in [0.15, 0.2) is 18.3 Å². The molecule has 3 aromatic rings. The van der Waals surface area contributed by atoms with Crippen molar-refractivity contribution in [2.75, 3.05) is 0 Å². The summed E-state index contributed by atoms with van der Waals surface area (Å²) in [6.45, 7) is 4.03. The highest BCUT2D eigenvalue weighted by Crippen LogP contribution is 2.37. The lowest BCUT2D eigenvalue weighted by Gasteiger charge is -2.10. The number of aryl methyl sites for hydroxylation is 3. The summed E-state index contributed by atoms with van der Waals surface area (Å²) in [5.74, 6) is 0. The molecule has 0 amide bonds. The molecule has 0 spiro atoms. The maximum absolute atomic E-state index is 13.5. The van der Waals surface area contributed by atoms with Crippen LogP contribution in [0.5, 0.6) is 0 Å². The Labute approximate surface area is 130 Å². The van der Waals surface area contributed by atoms with Crippen molar-refractivity contribution < 1.29 is 13.2 Å². The average molecular weight is 323 g/mol. The second-order valence-corrected chi connectivity index (χ2v) is 5.43. The van der Waals surface area contributed by atoms with Gasteiger partial charge in [-0.15, -0.1) is 0 Å². The third-order valence-electron chi connectivity index (χ3n) is 3.59. The summed E-state index contributed by atoms with van der Waals surface area (Å²) < 4.78 is 43.6. The van der Waals surface area contributed by atoms with Crippen LogP contribution >= 0.6 is 0 Å². The number of hydrogen-bond donors (Lipinski definition) is 0. The van der Waals surface area contributed by atoms with Crippen LogP contribution < -0.4 is 0 Å². The molecule has 0 saturated heterocycles. The molecular formula is C15H16F3N5. The first-order valence-corrected chi connectivity index (χ1v) is 7.26. The number of pyridine rings is 1. The molecule has 8 heteroatoms. The highest BCUT2D eigenvalue weighted by Gasteiger charge is 2.35. The van der Waals surface area contributed by atoms with E-state index in [2.05, 4.69) is 15.2 Å². The van der Waals surface area contributed by atoms with Crippen molar-refractivity contribution in [3.05, 3.63) is 29.6 Å². The molecule has 0 aromatic carbocycles. The number of halogens is 3. The lowest BCUT2D eigenvalue weighted by Crippen LogP contribution is -2.08. The van der Waals surface area contributed by atoms with Gasteiger partial charge in [-0.1, -0.05) is 6.92 Å². The van der Waals surface area contributed by atoms with Crippen LogP contribution in [0, 0.1) is 6.92 Å². The van der Waals surface area contributed by atoms with Crippen molar-refractivity contribution in [3.63, 3.8) is 0 Å². The summed E-state index contributed by atoms with van der Waals surface area (Å²) in [4.78, 5) is 4.40. The van der Waals surface area contributed by atoms with Crippen LogP contribution in [0.3, 0.4) is 0 Å². The van der Waals surface area contributed by atoms with Crippen LogP contribution in [0.25, 0.3) is 22.4 Å². The predicted octanol–water partition coefficient (Wildman–Crippen LogP) is 3.57. The van der Waals surface area contributed by atoms with Gasteiger partial charge in [0.15, 0.2) is 5.65 Å². The molecule has 0 N–H and O–H groups in total. The molecule has 3 aromatic heterocycles. The largest absolute Gasteiger partial charge is 0.417 e. The summed E-state index contributed by atoms with van der Waals surface area (Å²) in [5.41, 5.74) is 0.466. The number of aromatic nitrogens is 5. The van der Waals surface area contributed by atoms with Gasteiger partial charge in [0.25, 0.3) is 0 Å². The first kappa shape index (κ1) is 15.5. The molecular weight excluding hydrogens is 307 g/mol. The first-order chi connectivity index (χ1) is 10.8. The van der Waals surface area contributed by atoms with Crippen molar-refractivity contribution in [1.82, 2.24) is 24.5 Å². The Morgan fingerprint density at radius 3 is 2.48 bits per heavy atom. The fourth-order valence-electron chi connectivity index (χ4n) is 2.63. The van der Waals surface area contributed by atoms with Crippen LogP contribution in [0.4, 0.5) is 13.2 Å². The molecule has 0 fully saturated rings. The van der Waals surface area contributed by atoms with E-state index in [1.807, 2.05) is 6.92 Å². The summed E-state index contributed by atoms with van der Waals surface area (Å²) in [6.07, 6.45) is -2.05. The number of nitrogens with zero attached hydrogens (tertiary/aromatic N) is 5. The van der Waals surface area contributed by atoms with E-state index in [4.69, 9.17) is 0 Å². The molecule has 0 unspecified atom stereocenters. The van der Waals surface area contributed by atoms with Gasteiger partial charge < -0.3 is 0 Å². The summed E-state index contributed by atoms with van der Waals surface area (Å²) in [5, 5.41) is 8.43. The van der Waals surface area contributed by atoms with Crippen molar-refractivity contribution in [2.24, 2.45) is 7.05 Å². The molecule has 0 saturated carbocycles. The normalized spacial score (nSPS) is 12.3. The minimum Gasteiger partial charge on any atom is -0.275 e. The monoisotopic (exact) mass is 323 g/mol. The van der Waals surface area contributed by atoms with Gasteiger partial charge in [0.05, 0.1) is 22.3 Å². The molecule has 3 heterocycles. The Morgan fingerprint density at radius 1 is 1.17 bits per heavy atom. The Bertz CT molecular complexity index is 860. The number of alkyl halides is 3. The second-order valence-electron chi connectivity index (χ2n) is 5.43. The third kappa shape index (κ3) is 2.69. The maximum Gasteiger partial charge on any atom is 0.417 e. The summed E-state index contributed by atoms with van der Waals surface area (Å²) in [7, 11) is 1.71. The Hall–Kier alpha value is -2.38. The van der Waals surface area contributed by atoms with Crippen molar-refractivity contribution >= 4 is 11.0 Å². The van der Waals surface area contributed by atoms with Gasteiger partial charge in [0, 0.05) is 19.8 Å². The van der Waals surface area contributed by atoms with Gasteiger partial charge in [-0.05, 0) is 25.5 Å². The molecule has 0 aliphatic carbocycles. The van der Waals surface area contributed by atoms with Gasteiger partial charge >= 0.3 is 6.18 Å². The van der Waals surface area contributed by atoms with E-state index in [0.717, 1.165) is 12.5 Å². The average Bonchev–Trinajstić information content (AvgIpc) is 3.02. The molecule has 0 aliphatic rings. The topological polar surface area (TPSA) is 48.5 Å². The highest BCUT2D eigenvalue weighted by atomic mass is 19.4. The molecule has 0 radical (unpaired) electrons. The van der Waals surface area contributed by atoms with Crippen molar-refractivity contribution in [2.45, 2.75) is 33.0 Å². The quantitative estimate of drug-likeness (QED) is 0.740. The number of hydrogen-bond acceptors (Lipinski definition) is 3. The van der Waals surface area contributed by atoms with Crippen molar-refractivity contribution in [3.8, 4) is 11.4 Å². The second kappa shape index (κ2) is 5.36. The minimum atomic E-state index is -4.48. The van der Waals surface area contributed by atoms with Gasteiger partial charge in [0.2, 0.25) is 0 Å². The minimum absolute atomic E-state index is 0.0608. The van der Waals surface area contributed by atoms with Gasteiger partial charge in [-0.2, -0.15) is 23.4 Å². The summed E-state index contributed by atoms with van der Waals surface area (Å²) in [6, 6.07) is 2.69. The third-order valence-corrected chi connectivity index (χ3v) is 3.59. The van der Waals surface area contributed by atoms with E-state index in [0.29, 0.717) is 17.9 Å². The molecule has 0 atom stereocenters. The van der Waals surface area contributed by atoms with Gasteiger partial charge in [-0.3, -0.25) is 4.68 Å². The standard InChI is InChI=1S/C15H16F3N5/c1-4-6-23-14-13(9(2)20-23)10(15(16,17)18)8-12(19-14)11-5-7-22(3)21-11/h5,7-8H,4,6H2,1-3H3. The van der Waals surface area contributed by atoms with Crippen LogP contribution in [-0.4, -0.2) is 24.5 Å². The van der Waals surface area contributed by atoms with E-state index < -0.39 is 11.7 Å². The van der Waals surface area contributed by atoms with Crippen LogP contribution in [0.1, 0.15) is 24.6 Å². The number of fused-ring (bicyclic) bond motifs is 1. The maximum atomic E-state index is 13.5. The lowest BCUT2D eigenvalue weighted by molar-refractivity contribution is -0.136. The van der Waals surface area contributed by atoms with E-state index >= 15 is 0 Å². The van der Waals surface area contributed by atoms with Gasteiger partial charge in [-0.25, -0.2) is 9.67 Å². The van der Waals surface area contributed by atoms with Crippen LogP contribution in [-0.2, 0) is 19.8 Å². The predicted molar refractivity (Wildman–Crippen MR) is 79.8 cm³/mol. The Balaban J connectivity index is 2.34. The summed E-state index contributed by atoms with van der Waals surface area (Å²) >= 11 is 0. The molecule has 5 nitrogen and oxygen atoms in total.